The van der Waals surface area contributed by atoms with Gasteiger partial charge in [0.15, 0.2) is 0 Å². The summed E-state index contributed by atoms with van der Waals surface area (Å²) in [6, 6.07) is 20.6. The van der Waals surface area contributed by atoms with Crippen molar-refractivity contribution < 1.29 is 0 Å². The molecule has 1 aromatic heterocycles. The Balaban J connectivity index is 2.17. The molecule has 0 aliphatic carbocycles. The molecule has 3 heteroatoms. The number of aromatic nitrogens is 1. The van der Waals surface area contributed by atoms with Crippen molar-refractivity contribution in [1.29, 1.82) is 0 Å². The molecule has 0 amide bonds. The summed E-state index contributed by atoms with van der Waals surface area (Å²) in [6.45, 7) is 0. The summed E-state index contributed by atoms with van der Waals surface area (Å²) in [4.78, 5) is 4.51. The number of rotatable bonds is 2. The minimum absolute atomic E-state index is 0.119. The molecule has 0 fully saturated rings. The van der Waals surface area contributed by atoms with Gasteiger partial charge >= 0.3 is 117 Å². The first-order valence-electron chi connectivity index (χ1n) is 5.62. The first-order valence-corrected chi connectivity index (χ1v) is 7.71. The van der Waals surface area contributed by atoms with Crippen LogP contribution in [0.4, 0.5) is 0 Å². The molecule has 0 radical (unpaired) electrons. The molecule has 0 saturated carbocycles. The van der Waals surface area contributed by atoms with Gasteiger partial charge in [-0.1, -0.05) is 0 Å². The van der Waals surface area contributed by atoms with Crippen LogP contribution in [0.15, 0.2) is 60.7 Å². The average Bonchev–Trinajstić information content (AvgIpc) is 2.83. The van der Waals surface area contributed by atoms with Crippen LogP contribution in [-0.4, -0.2) is 19.5 Å². The number of hydrogen-bond acceptors (Lipinski definition) is 1. The molecule has 0 unspecified atom stereocenters. The van der Waals surface area contributed by atoms with E-state index in [4.69, 9.17) is 11.6 Å². The number of hydrogen-bond donors (Lipinski definition) is 0. The maximum atomic E-state index is 6.14. The third kappa shape index (κ3) is 2.28. The van der Waals surface area contributed by atoms with Gasteiger partial charge in [0, 0.05) is 0 Å². The van der Waals surface area contributed by atoms with Crippen molar-refractivity contribution in [2.45, 2.75) is 0 Å². The average molecular weight is 319 g/mol. The molecule has 0 N–H and O–H groups in total. The summed E-state index contributed by atoms with van der Waals surface area (Å²) in [5.41, 5.74) is 3.37. The van der Waals surface area contributed by atoms with Crippen molar-refractivity contribution in [2.24, 2.45) is 0 Å². The van der Waals surface area contributed by atoms with Gasteiger partial charge in [-0.3, -0.25) is 0 Å². The molecule has 3 rings (SSSR count). The molecule has 0 saturated heterocycles. The zero-order valence-corrected chi connectivity index (χ0v) is 12.0. The second kappa shape index (κ2) is 5.11. The maximum absolute atomic E-state index is 6.14. The first-order chi connectivity index (χ1) is 8.84. The fourth-order valence-corrected chi connectivity index (χ4v) is 4.08. The second-order valence-electron chi connectivity index (χ2n) is 3.88. The molecular weight excluding hydrogens is 309 g/mol. The van der Waals surface area contributed by atoms with Crippen LogP contribution in [0.5, 0.6) is 0 Å². The molecule has 88 valence electrons. The van der Waals surface area contributed by atoms with E-state index in [0.717, 1.165) is 15.3 Å². The van der Waals surface area contributed by atoms with Crippen molar-refractivity contribution >= 4 is 26.1 Å². The van der Waals surface area contributed by atoms with Crippen molar-refractivity contribution in [1.82, 2.24) is 4.98 Å². The van der Waals surface area contributed by atoms with Crippen LogP contribution < -0.4 is 0 Å². The predicted octanol–water partition coefficient (Wildman–Crippen LogP) is 4.13. The molecular formula is C15H10ClNSe. The third-order valence-electron chi connectivity index (χ3n) is 2.68. The molecule has 1 heterocycles. The minimum atomic E-state index is 0.119. The van der Waals surface area contributed by atoms with Gasteiger partial charge < -0.3 is 0 Å². The Morgan fingerprint density at radius 3 is 1.94 bits per heavy atom. The van der Waals surface area contributed by atoms with E-state index in [1.807, 2.05) is 36.4 Å². The zero-order chi connectivity index (χ0) is 12.4. The Kier molecular flexibility index (Phi) is 3.33. The van der Waals surface area contributed by atoms with E-state index >= 15 is 0 Å². The molecule has 0 aliphatic heterocycles. The fraction of sp³-hybridized carbons (Fsp3) is 0. The molecule has 2 aromatic carbocycles. The summed E-state index contributed by atoms with van der Waals surface area (Å²) in [7, 11) is 0. The molecule has 0 atom stereocenters. The quantitative estimate of drug-likeness (QED) is 0.648. The van der Waals surface area contributed by atoms with Crippen molar-refractivity contribution in [3.05, 3.63) is 64.7 Å². The zero-order valence-electron chi connectivity index (χ0n) is 9.51. The summed E-state index contributed by atoms with van der Waals surface area (Å²) >= 11 is 6.26. The molecule has 0 bridgehead atoms. The Morgan fingerprint density at radius 1 is 0.778 bits per heavy atom. The molecule has 18 heavy (non-hydrogen) atoms. The summed E-state index contributed by atoms with van der Waals surface area (Å²) in [6.07, 6.45) is 0. The van der Waals surface area contributed by atoms with Gasteiger partial charge in [0.1, 0.15) is 0 Å². The fourth-order valence-electron chi connectivity index (χ4n) is 1.87. The van der Waals surface area contributed by atoms with E-state index in [0.29, 0.717) is 0 Å². The second-order valence-corrected chi connectivity index (χ2v) is 6.84. The Hall–Kier alpha value is -1.34. The summed E-state index contributed by atoms with van der Waals surface area (Å²) in [5, 5.41) is 0. The van der Waals surface area contributed by atoms with E-state index < -0.39 is 0 Å². The van der Waals surface area contributed by atoms with E-state index in [1.165, 1.54) is 10.0 Å². The summed E-state index contributed by atoms with van der Waals surface area (Å²) < 4.78 is 1.99. The Labute approximate surface area is 117 Å². The van der Waals surface area contributed by atoms with Crippen molar-refractivity contribution in [2.75, 3.05) is 0 Å². The van der Waals surface area contributed by atoms with Gasteiger partial charge in [0.05, 0.1) is 0 Å². The Morgan fingerprint density at radius 2 is 1.33 bits per heavy atom. The van der Waals surface area contributed by atoms with Crippen LogP contribution in [0.2, 0.25) is 4.03 Å². The van der Waals surface area contributed by atoms with Crippen LogP contribution in [0, 0.1) is 0 Å². The Bertz CT molecular complexity index is 590. The predicted molar refractivity (Wildman–Crippen MR) is 77.1 cm³/mol. The van der Waals surface area contributed by atoms with Gasteiger partial charge in [0.2, 0.25) is 0 Å². The van der Waals surface area contributed by atoms with Crippen LogP contribution >= 0.6 is 11.6 Å². The van der Waals surface area contributed by atoms with E-state index in [2.05, 4.69) is 29.2 Å². The van der Waals surface area contributed by atoms with E-state index in [9.17, 15) is 0 Å². The topological polar surface area (TPSA) is 12.9 Å². The molecule has 1 nitrogen and oxygen atoms in total. The first kappa shape index (κ1) is 11.7. The van der Waals surface area contributed by atoms with Crippen LogP contribution in [-0.2, 0) is 0 Å². The van der Waals surface area contributed by atoms with E-state index in [-0.39, 0.29) is 14.5 Å². The molecule has 3 aromatic rings. The van der Waals surface area contributed by atoms with Crippen LogP contribution in [0.3, 0.4) is 0 Å². The number of halogens is 1. The molecule has 0 aliphatic rings. The van der Waals surface area contributed by atoms with Gasteiger partial charge in [-0.05, 0) is 0 Å². The van der Waals surface area contributed by atoms with Crippen molar-refractivity contribution in [3.8, 4) is 21.3 Å². The van der Waals surface area contributed by atoms with Gasteiger partial charge in [-0.25, -0.2) is 0 Å². The number of benzene rings is 2. The van der Waals surface area contributed by atoms with E-state index in [1.54, 1.807) is 0 Å². The monoisotopic (exact) mass is 319 g/mol. The van der Waals surface area contributed by atoms with Crippen LogP contribution in [0.25, 0.3) is 21.3 Å². The van der Waals surface area contributed by atoms with Gasteiger partial charge in [-0.2, -0.15) is 0 Å². The standard InChI is InChI=1S/C15H10ClNSe/c16-15-17-13(11-7-3-1-4-8-11)14(18-15)12-9-5-2-6-10-12/h1-10H. The van der Waals surface area contributed by atoms with Crippen molar-refractivity contribution in [3.63, 3.8) is 0 Å². The summed E-state index contributed by atoms with van der Waals surface area (Å²) in [5.74, 6) is 0. The van der Waals surface area contributed by atoms with Gasteiger partial charge in [0.25, 0.3) is 0 Å². The molecule has 0 spiro atoms. The SMILES string of the molecule is Clc1nc(-c2ccccc2)c(-c2ccccc2)[se]1. The van der Waals surface area contributed by atoms with Gasteiger partial charge in [-0.15, -0.1) is 0 Å². The van der Waals surface area contributed by atoms with Crippen LogP contribution in [0.1, 0.15) is 0 Å². The third-order valence-corrected chi connectivity index (χ3v) is 5.04. The number of nitrogens with zero attached hydrogens (tertiary/aromatic N) is 1. The normalized spacial score (nSPS) is 10.5.